The summed E-state index contributed by atoms with van der Waals surface area (Å²) < 4.78 is 5.32. The predicted molar refractivity (Wildman–Crippen MR) is 58.7 cm³/mol. The fourth-order valence-corrected chi connectivity index (χ4v) is 1.77. The number of pyridine rings is 1. The van der Waals surface area contributed by atoms with Gasteiger partial charge in [0, 0.05) is 18.8 Å². The van der Waals surface area contributed by atoms with Gasteiger partial charge in [0.15, 0.2) is 5.69 Å². The van der Waals surface area contributed by atoms with Gasteiger partial charge in [0.2, 0.25) is 0 Å². The third kappa shape index (κ3) is 2.49. The molecule has 0 bridgehead atoms. The Morgan fingerprint density at radius 2 is 2.50 bits per heavy atom. The molecule has 1 fully saturated rings. The highest BCUT2D eigenvalue weighted by Crippen LogP contribution is 2.17. The molecule has 0 aromatic carbocycles. The van der Waals surface area contributed by atoms with Gasteiger partial charge in [-0.3, -0.25) is 0 Å². The maximum Gasteiger partial charge on any atom is 0.356 e. The van der Waals surface area contributed by atoms with Crippen molar-refractivity contribution >= 4 is 11.7 Å². The molecule has 1 unspecified atom stereocenters. The molecule has 1 saturated heterocycles. The molecule has 2 heterocycles. The molecular weight excluding hydrogens is 208 g/mol. The molecule has 0 radical (unpaired) electrons. The molecule has 1 aromatic rings. The van der Waals surface area contributed by atoms with Gasteiger partial charge in [0.05, 0.1) is 12.3 Å². The lowest BCUT2D eigenvalue weighted by Gasteiger charge is -2.24. The molecule has 0 aliphatic carbocycles. The van der Waals surface area contributed by atoms with E-state index in [1.807, 2.05) is 0 Å². The zero-order valence-corrected chi connectivity index (χ0v) is 8.85. The fraction of sp³-hybridized carbons (Fsp3) is 0.455. The molecule has 5 heteroatoms. The summed E-state index contributed by atoms with van der Waals surface area (Å²) >= 11 is 0. The van der Waals surface area contributed by atoms with Crippen molar-refractivity contribution in [2.75, 3.05) is 18.5 Å². The minimum absolute atomic E-state index is 0.0630. The first-order valence-electron chi connectivity index (χ1n) is 5.30. The van der Waals surface area contributed by atoms with E-state index in [4.69, 9.17) is 9.84 Å². The second kappa shape index (κ2) is 4.94. The summed E-state index contributed by atoms with van der Waals surface area (Å²) in [6.07, 6.45) is 3.47. The van der Waals surface area contributed by atoms with Gasteiger partial charge < -0.3 is 15.2 Å². The van der Waals surface area contributed by atoms with E-state index in [0.29, 0.717) is 12.3 Å². The highest BCUT2D eigenvalue weighted by Gasteiger charge is 2.17. The monoisotopic (exact) mass is 222 g/mol. The van der Waals surface area contributed by atoms with Gasteiger partial charge in [-0.25, -0.2) is 9.78 Å². The summed E-state index contributed by atoms with van der Waals surface area (Å²) in [6.45, 7) is 1.41. The summed E-state index contributed by atoms with van der Waals surface area (Å²) in [6, 6.07) is 3.62. The fourth-order valence-electron chi connectivity index (χ4n) is 1.77. The zero-order valence-electron chi connectivity index (χ0n) is 8.85. The molecule has 2 N–H and O–H groups in total. The number of ether oxygens (including phenoxy) is 1. The highest BCUT2D eigenvalue weighted by molar-refractivity contribution is 5.91. The van der Waals surface area contributed by atoms with E-state index in [9.17, 15) is 4.79 Å². The summed E-state index contributed by atoms with van der Waals surface area (Å²) in [5, 5.41) is 12.1. The van der Waals surface area contributed by atoms with E-state index in [-0.39, 0.29) is 11.7 Å². The number of rotatable bonds is 3. The van der Waals surface area contributed by atoms with E-state index in [0.717, 1.165) is 19.4 Å². The second-order valence-electron chi connectivity index (χ2n) is 3.76. The number of anilines is 1. The maximum atomic E-state index is 10.9. The van der Waals surface area contributed by atoms with Crippen LogP contribution in [-0.4, -0.2) is 35.3 Å². The van der Waals surface area contributed by atoms with Crippen LogP contribution in [0.4, 0.5) is 5.69 Å². The van der Waals surface area contributed by atoms with E-state index >= 15 is 0 Å². The molecule has 1 aliphatic rings. The Morgan fingerprint density at radius 3 is 3.19 bits per heavy atom. The number of nitrogens with one attached hydrogen (secondary N) is 1. The molecule has 0 spiro atoms. The maximum absolute atomic E-state index is 10.9. The number of carboxylic acid groups (broad SMARTS) is 1. The van der Waals surface area contributed by atoms with Crippen molar-refractivity contribution in [2.24, 2.45) is 0 Å². The Bertz CT molecular complexity index is 375. The minimum Gasteiger partial charge on any atom is -0.476 e. The molecule has 1 aromatic heterocycles. The van der Waals surface area contributed by atoms with E-state index in [1.54, 1.807) is 12.1 Å². The highest BCUT2D eigenvalue weighted by atomic mass is 16.5. The number of aromatic nitrogens is 1. The molecule has 1 aliphatic heterocycles. The smallest absolute Gasteiger partial charge is 0.356 e. The largest absolute Gasteiger partial charge is 0.476 e. The Balaban J connectivity index is 2.10. The second-order valence-corrected chi connectivity index (χ2v) is 3.76. The summed E-state index contributed by atoms with van der Waals surface area (Å²) in [5.41, 5.74) is 0.624. The number of aromatic carboxylic acids is 1. The Morgan fingerprint density at radius 1 is 1.62 bits per heavy atom. The third-order valence-corrected chi connectivity index (χ3v) is 2.53. The van der Waals surface area contributed by atoms with Crippen LogP contribution in [0, 0.1) is 0 Å². The van der Waals surface area contributed by atoms with Crippen LogP contribution < -0.4 is 5.32 Å². The number of carbonyl (C=O) groups is 1. The number of nitrogens with zero attached hydrogens (tertiary/aromatic N) is 1. The molecule has 0 saturated carbocycles. The first kappa shape index (κ1) is 10.9. The van der Waals surface area contributed by atoms with Gasteiger partial charge >= 0.3 is 5.97 Å². The van der Waals surface area contributed by atoms with Crippen LogP contribution in [0.5, 0.6) is 0 Å². The van der Waals surface area contributed by atoms with Gasteiger partial charge in [-0.2, -0.15) is 0 Å². The van der Waals surface area contributed by atoms with Crippen LogP contribution in [-0.2, 0) is 4.74 Å². The van der Waals surface area contributed by atoms with Gasteiger partial charge in [-0.1, -0.05) is 0 Å². The Hall–Kier alpha value is -1.62. The molecule has 0 amide bonds. The average molecular weight is 222 g/mol. The van der Waals surface area contributed by atoms with Gasteiger partial charge in [-0.15, -0.1) is 0 Å². The average Bonchev–Trinajstić information content (AvgIpc) is 2.31. The lowest BCUT2D eigenvalue weighted by Crippen LogP contribution is -2.30. The number of hydrogen-bond donors (Lipinski definition) is 2. The van der Waals surface area contributed by atoms with Crippen LogP contribution in [0.25, 0.3) is 0 Å². The number of carboxylic acids is 1. The van der Waals surface area contributed by atoms with Crippen molar-refractivity contribution in [3.63, 3.8) is 0 Å². The molecule has 2 rings (SSSR count). The summed E-state index contributed by atoms with van der Waals surface area (Å²) in [4.78, 5) is 14.8. The van der Waals surface area contributed by atoms with Crippen LogP contribution in [0.1, 0.15) is 23.3 Å². The van der Waals surface area contributed by atoms with Crippen molar-refractivity contribution in [3.05, 3.63) is 24.0 Å². The van der Waals surface area contributed by atoms with Crippen LogP contribution >= 0.6 is 0 Å². The molecule has 86 valence electrons. The quantitative estimate of drug-likeness (QED) is 0.808. The van der Waals surface area contributed by atoms with Crippen molar-refractivity contribution in [1.82, 2.24) is 4.98 Å². The van der Waals surface area contributed by atoms with Crippen molar-refractivity contribution in [3.8, 4) is 0 Å². The van der Waals surface area contributed by atoms with Crippen molar-refractivity contribution in [2.45, 2.75) is 18.9 Å². The molecular formula is C11H14N2O3. The first-order valence-corrected chi connectivity index (χ1v) is 5.30. The third-order valence-electron chi connectivity index (χ3n) is 2.53. The topological polar surface area (TPSA) is 71.5 Å². The minimum atomic E-state index is -1.01. The Kier molecular flexibility index (Phi) is 3.36. The lowest BCUT2D eigenvalue weighted by atomic mass is 10.1. The zero-order chi connectivity index (χ0) is 11.4. The SMILES string of the molecule is O=C(O)c1ncccc1NC1CCCOC1. The van der Waals surface area contributed by atoms with Gasteiger partial charge in [-0.05, 0) is 25.0 Å². The van der Waals surface area contributed by atoms with E-state index < -0.39 is 5.97 Å². The number of hydrogen-bond acceptors (Lipinski definition) is 4. The van der Waals surface area contributed by atoms with Gasteiger partial charge in [0.25, 0.3) is 0 Å². The molecule has 16 heavy (non-hydrogen) atoms. The molecule has 1 atom stereocenters. The predicted octanol–water partition coefficient (Wildman–Crippen LogP) is 1.37. The summed E-state index contributed by atoms with van der Waals surface area (Å²) in [7, 11) is 0. The van der Waals surface area contributed by atoms with Crippen molar-refractivity contribution in [1.29, 1.82) is 0 Å². The Labute approximate surface area is 93.5 Å². The summed E-state index contributed by atoms with van der Waals surface area (Å²) in [5.74, 6) is -1.01. The van der Waals surface area contributed by atoms with Crippen LogP contribution in [0.15, 0.2) is 18.3 Å². The van der Waals surface area contributed by atoms with Crippen molar-refractivity contribution < 1.29 is 14.6 Å². The van der Waals surface area contributed by atoms with Crippen LogP contribution in [0.2, 0.25) is 0 Å². The van der Waals surface area contributed by atoms with E-state index in [2.05, 4.69) is 10.3 Å². The van der Waals surface area contributed by atoms with Crippen LogP contribution in [0.3, 0.4) is 0 Å². The lowest BCUT2D eigenvalue weighted by molar-refractivity contribution is 0.0690. The van der Waals surface area contributed by atoms with E-state index in [1.165, 1.54) is 6.20 Å². The normalized spacial score (nSPS) is 20.4. The first-order chi connectivity index (χ1) is 7.77. The van der Waals surface area contributed by atoms with Gasteiger partial charge in [0.1, 0.15) is 0 Å². The standard InChI is InChI=1S/C11H14N2O3/c14-11(15)10-9(4-1-5-12-10)13-8-3-2-6-16-7-8/h1,4-5,8,13H,2-3,6-7H2,(H,14,15). The molecule has 5 nitrogen and oxygen atoms in total.